The number of thiophene rings is 1. The molecule has 0 aliphatic heterocycles. The van der Waals surface area contributed by atoms with E-state index < -0.39 is 0 Å². The van der Waals surface area contributed by atoms with Crippen LogP contribution in [0.4, 0.5) is 0 Å². The Morgan fingerprint density at radius 3 is 2.81 bits per heavy atom. The largest absolute Gasteiger partial charge is 0.496 e. The SMILES string of the molecule is COc1ccc(Br)cc1C(N)c1cc2c(s1)CCCCC2. The second kappa shape index (κ2) is 6.51. The van der Waals surface area contributed by atoms with Crippen molar-refractivity contribution in [1.82, 2.24) is 0 Å². The van der Waals surface area contributed by atoms with Gasteiger partial charge < -0.3 is 10.5 Å². The first-order chi connectivity index (χ1) is 10.2. The molecule has 2 nitrogen and oxygen atoms in total. The standard InChI is InChI=1S/C17H20BrNOS/c1-20-14-8-7-12(18)10-13(14)17(19)16-9-11-5-3-2-4-6-15(11)21-16/h7-10,17H,2-6,19H2,1H3. The Balaban J connectivity index is 1.95. The van der Waals surface area contributed by atoms with E-state index in [4.69, 9.17) is 10.5 Å². The van der Waals surface area contributed by atoms with E-state index in [2.05, 4.69) is 28.1 Å². The molecule has 1 unspecified atom stereocenters. The summed E-state index contributed by atoms with van der Waals surface area (Å²) in [4.78, 5) is 2.78. The molecule has 0 saturated carbocycles. The monoisotopic (exact) mass is 365 g/mol. The van der Waals surface area contributed by atoms with Crippen molar-refractivity contribution in [2.45, 2.75) is 38.1 Å². The van der Waals surface area contributed by atoms with E-state index in [-0.39, 0.29) is 6.04 Å². The van der Waals surface area contributed by atoms with Gasteiger partial charge in [0.25, 0.3) is 0 Å². The minimum Gasteiger partial charge on any atom is -0.496 e. The van der Waals surface area contributed by atoms with Gasteiger partial charge in [0.1, 0.15) is 5.75 Å². The fourth-order valence-corrected chi connectivity index (χ4v) is 4.60. The number of hydrogen-bond acceptors (Lipinski definition) is 3. The van der Waals surface area contributed by atoms with E-state index in [1.54, 1.807) is 7.11 Å². The lowest BCUT2D eigenvalue weighted by atomic mass is 10.0. The van der Waals surface area contributed by atoms with Gasteiger partial charge in [-0.1, -0.05) is 22.4 Å². The van der Waals surface area contributed by atoms with Crippen molar-refractivity contribution < 1.29 is 4.74 Å². The van der Waals surface area contributed by atoms with Crippen molar-refractivity contribution in [1.29, 1.82) is 0 Å². The van der Waals surface area contributed by atoms with E-state index in [0.29, 0.717) is 0 Å². The summed E-state index contributed by atoms with van der Waals surface area (Å²) in [6.07, 6.45) is 6.37. The summed E-state index contributed by atoms with van der Waals surface area (Å²) < 4.78 is 6.50. The van der Waals surface area contributed by atoms with Crippen LogP contribution < -0.4 is 10.5 Å². The third-order valence-corrected chi connectivity index (χ3v) is 5.91. The maximum Gasteiger partial charge on any atom is 0.124 e. The molecule has 1 aromatic heterocycles. The van der Waals surface area contributed by atoms with Gasteiger partial charge in [-0.05, 0) is 55.5 Å². The Kier molecular flexibility index (Phi) is 4.67. The Hall–Kier alpha value is -0.840. The van der Waals surface area contributed by atoms with E-state index in [9.17, 15) is 0 Å². The summed E-state index contributed by atoms with van der Waals surface area (Å²) in [5.74, 6) is 0.856. The molecule has 0 saturated heterocycles. The van der Waals surface area contributed by atoms with E-state index >= 15 is 0 Å². The number of fused-ring (bicyclic) bond motifs is 1. The molecule has 1 heterocycles. The van der Waals surface area contributed by atoms with Crippen LogP contribution in [-0.2, 0) is 12.8 Å². The topological polar surface area (TPSA) is 35.2 Å². The predicted molar refractivity (Wildman–Crippen MR) is 92.3 cm³/mol. The summed E-state index contributed by atoms with van der Waals surface area (Å²) in [6.45, 7) is 0. The average molecular weight is 366 g/mol. The molecule has 1 aliphatic carbocycles. The molecule has 0 spiro atoms. The van der Waals surface area contributed by atoms with Crippen LogP contribution in [0.3, 0.4) is 0 Å². The van der Waals surface area contributed by atoms with Crippen molar-refractivity contribution in [3.05, 3.63) is 49.6 Å². The Labute approximate surface area is 138 Å². The molecule has 0 fully saturated rings. The Morgan fingerprint density at radius 2 is 2.00 bits per heavy atom. The van der Waals surface area contributed by atoms with Crippen LogP contribution in [0.5, 0.6) is 5.75 Å². The van der Waals surface area contributed by atoms with Gasteiger partial charge in [-0.25, -0.2) is 0 Å². The normalized spacial score (nSPS) is 16.1. The molecule has 1 atom stereocenters. The van der Waals surface area contributed by atoms with Crippen LogP contribution >= 0.6 is 27.3 Å². The van der Waals surface area contributed by atoms with Crippen molar-refractivity contribution in [2.24, 2.45) is 5.73 Å². The van der Waals surface area contributed by atoms with Gasteiger partial charge in [-0.15, -0.1) is 11.3 Å². The van der Waals surface area contributed by atoms with Crippen molar-refractivity contribution in [3.63, 3.8) is 0 Å². The lowest BCUT2D eigenvalue weighted by Crippen LogP contribution is -2.11. The highest BCUT2D eigenvalue weighted by atomic mass is 79.9. The minimum absolute atomic E-state index is 0.116. The zero-order chi connectivity index (χ0) is 14.8. The van der Waals surface area contributed by atoms with Gasteiger partial charge in [-0.3, -0.25) is 0 Å². The van der Waals surface area contributed by atoms with Crippen LogP contribution in [0.15, 0.2) is 28.7 Å². The van der Waals surface area contributed by atoms with Gasteiger partial charge in [0.2, 0.25) is 0 Å². The summed E-state index contributed by atoms with van der Waals surface area (Å²) >= 11 is 5.41. The van der Waals surface area contributed by atoms with Gasteiger partial charge >= 0.3 is 0 Å². The number of halogens is 1. The summed E-state index contributed by atoms with van der Waals surface area (Å²) in [6, 6.07) is 8.22. The molecule has 2 aromatic rings. The van der Waals surface area contributed by atoms with Gasteiger partial charge in [0, 0.05) is 19.8 Å². The Morgan fingerprint density at radius 1 is 1.19 bits per heavy atom. The highest BCUT2D eigenvalue weighted by molar-refractivity contribution is 9.10. The molecule has 0 amide bonds. The fraction of sp³-hybridized carbons (Fsp3) is 0.412. The number of aryl methyl sites for hydroxylation is 2. The maximum absolute atomic E-state index is 6.52. The van der Waals surface area contributed by atoms with E-state index in [1.807, 2.05) is 23.5 Å². The Bertz CT molecular complexity index is 614. The van der Waals surface area contributed by atoms with Crippen LogP contribution in [0, 0.1) is 0 Å². The first-order valence-electron chi connectivity index (χ1n) is 7.39. The van der Waals surface area contributed by atoms with Crippen LogP contribution in [-0.4, -0.2) is 7.11 Å². The zero-order valence-electron chi connectivity index (χ0n) is 12.2. The van der Waals surface area contributed by atoms with Gasteiger partial charge in [0.05, 0.1) is 13.2 Å². The molecule has 2 N–H and O–H groups in total. The summed E-state index contributed by atoms with van der Waals surface area (Å²) in [5, 5.41) is 0. The number of ether oxygens (including phenoxy) is 1. The highest BCUT2D eigenvalue weighted by Gasteiger charge is 2.20. The zero-order valence-corrected chi connectivity index (χ0v) is 14.6. The molecule has 0 bridgehead atoms. The second-order valence-electron chi connectivity index (χ2n) is 5.52. The van der Waals surface area contributed by atoms with E-state index in [0.717, 1.165) is 15.8 Å². The molecule has 3 rings (SSSR count). The summed E-state index contributed by atoms with van der Waals surface area (Å²) in [5.41, 5.74) is 9.08. The third kappa shape index (κ3) is 3.17. The molecule has 0 radical (unpaired) electrons. The average Bonchev–Trinajstić information content (AvgIpc) is 2.77. The molecular weight excluding hydrogens is 346 g/mol. The molecule has 112 valence electrons. The lowest BCUT2D eigenvalue weighted by molar-refractivity contribution is 0.408. The van der Waals surface area contributed by atoms with Crippen molar-refractivity contribution >= 4 is 27.3 Å². The quantitative estimate of drug-likeness (QED) is 0.790. The number of methoxy groups -OCH3 is 1. The van der Waals surface area contributed by atoms with Gasteiger partial charge in [0.15, 0.2) is 0 Å². The van der Waals surface area contributed by atoms with Gasteiger partial charge in [-0.2, -0.15) is 0 Å². The van der Waals surface area contributed by atoms with Crippen LogP contribution in [0.2, 0.25) is 0 Å². The number of nitrogens with two attached hydrogens (primary N) is 1. The second-order valence-corrected chi connectivity index (χ2v) is 7.61. The van der Waals surface area contributed by atoms with Crippen LogP contribution in [0.25, 0.3) is 0 Å². The molecule has 1 aromatic carbocycles. The number of rotatable bonds is 3. The predicted octanol–water partition coefficient (Wildman–Crippen LogP) is 4.84. The van der Waals surface area contributed by atoms with Crippen molar-refractivity contribution in [2.75, 3.05) is 7.11 Å². The van der Waals surface area contributed by atoms with E-state index in [1.165, 1.54) is 47.4 Å². The first kappa shape index (κ1) is 15.1. The number of hydrogen-bond donors (Lipinski definition) is 1. The first-order valence-corrected chi connectivity index (χ1v) is 9.00. The lowest BCUT2D eigenvalue weighted by Gasteiger charge is -2.15. The maximum atomic E-state index is 6.52. The molecule has 1 aliphatic rings. The summed E-state index contributed by atoms with van der Waals surface area (Å²) in [7, 11) is 1.70. The number of benzene rings is 1. The fourth-order valence-electron chi connectivity index (χ4n) is 2.95. The van der Waals surface area contributed by atoms with Crippen LogP contribution in [0.1, 0.15) is 46.2 Å². The smallest absolute Gasteiger partial charge is 0.124 e. The molecular formula is C17H20BrNOS. The minimum atomic E-state index is -0.116. The van der Waals surface area contributed by atoms with Crippen molar-refractivity contribution in [3.8, 4) is 5.75 Å². The highest BCUT2D eigenvalue weighted by Crippen LogP contribution is 2.37. The molecule has 4 heteroatoms. The molecule has 21 heavy (non-hydrogen) atoms. The third-order valence-electron chi connectivity index (χ3n) is 4.10.